The van der Waals surface area contributed by atoms with Crippen LogP contribution >= 0.6 is 0 Å². The Morgan fingerprint density at radius 3 is 2.76 bits per heavy atom. The Morgan fingerprint density at radius 2 is 1.95 bits per heavy atom. The van der Waals surface area contributed by atoms with Gasteiger partial charge in [-0.25, -0.2) is 4.39 Å². The molecule has 0 saturated carbocycles. The largest absolute Gasteiger partial charge is 0.309 e. The Morgan fingerprint density at radius 1 is 1.10 bits per heavy atom. The molecule has 0 fully saturated rings. The lowest BCUT2D eigenvalue weighted by atomic mass is 9.94. The highest BCUT2D eigenvalue weighted by atomic mass is 19.1. The van der Waals surface area contributed by atoms with Crippen molar-refractivity contribution in [1.82, 2.24) is 10.3 Å². The van der Waals surface area contributed by atoms with Gasteiger partial charge in [-0.15, -0.1) is 0 Å². The molecule has 1 heterocycles. The third-order valence-corrected chi connectivity index (χ3v) is 3.80. The molecular formula is C18H17FN2. The summed E-state index contributed by atoms with van der Waals surface area (Å²) in [5, 5.41) is 4.38. The Labute approximate surface area is 123 Å². The highest BCUT2D eigenvalue weighted by Crippen LogP contribution is 2.27. The zero-order valence-electron chi connectivity index (χ0n) is 12.1. The van der Waals surface area contributed by atoms with E-state index in [0.717, 1.165) is 27.6 Å². The van der Waals surface area contributed by atoms with Gasteiger partial charge in [-0.2, -0.15) is 0 Å². The molecule has 1 unspecified atom stereocenters. The molecule has 1 aromatic heterocycles. The molecule has 0 aliphatic heterocycles. The molecule has 21 heavy (non-hydrogen) atoms. The van der Waals surface area contributed by atoms with Crippen LogP contribution in [0.3, 0.4) is 0 Å². The van der Waals surface area contributed by atoms with Gasteiger partial charge in [-0.05, 0) is 54.9 Å². The molecule has 0 bridgehead atoms. The maximum atomic E-state index is 13.6. The monoisotopic (exact) mass is 280 g/mol. The molecular weight excluding hydrogens is 263 g/mol. The average Bonchev–Trinajstić information content (AvgIpc) is 2.51. The first-order valence-corrected chi connectivity index (χ1v) is 6.97. The number of benzene rings is 2. The second-order valence-electron chi connectivity index (χ2n) is 5.18. The molecule has 0 radical (unpaired) electrons. The van der Waals surface area contributed by atoms with Crippen molar-refractivity contribution in [3.63, 3.8) is 0 Å². The number of nitrogens with zero attached hydrogens (tertiary/aromatic N) is 1. The molecule has 0 spiro atoms. The molecule has 106 valence electrons. The summed E-state index contributed by atoms with van der Waals surface area (Å²) in [6, 6.07) is 15.0. The lowest BCUT2D eigenvalue weighted by Gasteiger charge is -2.20. The first-order chi connectivity index (χ1) is 10.2. The van der Waals surface area contributed by atoms with Crippen molar-refractivity contribution in [3.8, 4) is 0 Å². The molecule has 2 aromatic carbocycles. The first-order valence-electron chi connectivity index (χ1n) is 6.97. The van der Waals surface area contributed by atoms with Crippen molar-refractivity contribution in [2.24, 2.45) is 0 Å². The average molecular weight is 280 g/mol. The summed E-state index contributed by atoms with van der Waals surface area (Å²) in [4.78, 5) is 4.39. The Balaban J connectivity index is 2.11. The molecule has 0 saturated heterocycles. The molecule has 3 rings (SSSR count). The Hall–Kier alpha value is -2.26. The molecule has 1 atom stereocenters. The van der Waals surface area contributed by atoms with Crippen LogP contribution in [0, 0.1) is 12.7 Å². The van der Waals surface area contributed by atoms with Crippen molar-refractivity contribution in [3.05, 3.63) is 77.2 Å². The first kappa shape index (κ1) is 13.7. The van der Waals surface area contributed by atoms with E-state index in [1.165, 1.54) is 6.07 Å². The molecule has 3 heteroatoms. The van der Waals surface area contributed by atoms with E-state index in [-0.39, 0.29) is 11.9 Å². The molecule has 0 aliphatic carbocycles. The second kappa shape index (κ2) is 5.62. The third kappa shape index (κ3) is 2.65. The van der Waals surface area contributed by atoms with Crippen molar-refractivity contribution in [1.29, 1.82) is 0 Å². The number of hydrogen-bond donors (Lipinski definition) is 1. The summed E-state index contributed by atoms with van der Waals surface area (Å²) in [6.45, 7) is 2.00. The van der Waals surface area contributed by atoms with Gasteiger partial charge in [-0.3, -0.25) is 4.98 Å². The minimum absolute atomic E-state index is 0.0490. The zero-order chi connectivity index (χ0) is 14.8. The van der Waals surface area contributed by atoms with Crippen LogP contribution in [0.25, 0.3) is 10.9 Å². The predicted molar refractivity (Wildman–Crippen MR) is 83.8 cm³/mol. The summed E-state index contributed by atoms with van der Waals surface area (Å²) in [5.41, 5.74) is 4.05. The molecule has 3 aromatic rings. The van der Waals surface area contributed by atoms with E-state index in [2.05, 4.69) is 28.5 Å². The smallest absolute Gasteiger partial charge is 0.123 e. The number of fused-ring (bicyclic) bond motifs is 1. The SMILES string of the molecule is CNC(c1ccc2cccnc2c1)c1cc(F)ccc1C. The highest BCUT2D eigenvalue weighted by molar-refractivity contribution is 5.79. The predicted octanol–water partition coefficient (Wildman–Crippen LogP) is 3.99. The van der Waals surface area contributed by atoms with E-state index in [0.29, 0.717) is 0 Å². The topological polar surface area (TPSA) is 24.9 Å². The van der Waals surface area contributed by atoms with Gasteiger partial charge in [0.05, 0.1) is 11.6 Å². The fourth-order valence-corrected chi connectivity index (χ4v) is 2.69. The Kier molecular flexibility index (Phi) is 3.67. The molecule has 1 N–H and O–H groups in total. The van der Waals surface area contributed by atoms with Gasteiger partial charge in [0, 0.05) is 11.6 Å². The second-order valence-corrected chi connectivity index (χ2v) is 5.18. The normalized spacial score (nSPS) is 12.5. The summed E-state index contributed by atoms with van der Waals surface area (Å²) in [6.07, 6.45) is 1.79. The van der Waals surface area contributed by atoms with Crippen LogP contribution < -0.4 is 5.32 Å². The van der Waals surface area contributed by atoms with Crippen LogP contribution in [0.2, 0.25) is 0 Å². The minimum Gasteiger partial charge on any atom is -0.309 e. The van der Waals surface area contributed by atoms with Crippen LogP contribution in [0.5, 0.6) is 0 Å². The number of halogens is 1. The summed E-state index contributed by atoms with van der Waals surface area (Å²) >= 11 is 0. The quantitative estimate of drug-likeness (QED) is 0.784. The standard InChI is InChI=1S/C18H17FN2/c1-12-5-8-15(19)11-16(12)18(20-2)14-7-6-13-4-3-9-21-17(13)10-14/h3-11,18,20H,1-2H3. The number of pyridine rings is 1. The van der Waals surface area contributed by atoms with E-state index in [1.54, 1.807) is 12.3 Å². The number of hydrogen-bond acceptors (Lipinski definition) is 2. The molecule has 0 amide bonds. The van der Waals surface area contributed by atoms with Crippen LogP contribution in [0.4, 0.5) is 4.39 Å². The third-order valence-electron chi connectivity index (χ3n) is 3.80. The van der Waals surface area contributed by atoms with Gasteiger partial charge >= 0.3 is 0 Å². The van der Waals surface area contributed by atoms with Crippen molar-refractivity contribution >= 4 is 10.9 Å². The highest BCUT2D eigenvalue weighted by Gasteiger charge is 2.15. The summed E-state index contributed by atoms with van der Waals surface area (Å²) in [7, 11) is 1.89. The van der Waals surface area contributed by atoms with Crippen LogP contribution in [0.1, 0.15) is 22.7 Å². The molecule has 0 aliphatic rings. The van der Waals surface area contributed by atoms with Gasteiger partial charge in [0.15, 0.2) is 0 Å². The number of aryl methyl sites for hydroxylation is 1. The van der Waals surface area contributed by atoms with Crippen LogP contribution in [-0.4, -0.2) is 12.0 Å². The van der Waals surface area contributed by atoms with Gasteiger partial charge < -0.3 is 5.32 Å². The zero-order valence-corrected chi connectivity index (χ0v) is 12.1. The van der Waals surface area contributed by atoms with Gasteiger partial charge in [0.1, 0.15) is 5.82 Å². The molecule has 2 nitrogen and oxygen atoms in total. The van der Waals surface area contributed by atoms with E-state index in [1.807, 2.05) is 32.2 Å². The fraction of sp³-hybridized carbons (Fsp3) is 0.167. The summed E-state index contributed by atoms with van der Waals surface area (Å²) in [5.74, 6) is -0.213. The van der Waals surface area contributed by atoms with Crippen LogP contribution in [0.15, 0.2) is 54.7 Å². The van der Waals surface area contributed by atoms with E-state index < -0.39 is 0 Å². The van der Waals surface area contributed by atoms with E-state index >= 15 is 0 Å². The fourth-order valence-electron chi connectivity index (χ4n) is 2.69. The summed E-state index contributed by atoms with van der Waals surface area (Å²) < 4.78 is 13.6. The van der Waals surface area contributed by atoms with Gasteiger partial charge in [0.2, 0.25) is 0 Å². The lowest BCUT2D eigenvalue weighted by molar-refractivity contribution is 0.615. The maximum Gasteiger partial charge on any atom is 0.123 e. The van der Waals surface area contributed by atoms with Gasteiger partial charge in [-0.1, -0.05) is 24.3 Å². The van der Waals surface area contributed by atoms with E-state index in [4.69, 9.17) is 0 Å². The minimum atomic E-state index is -0.213. The number of nitrogens with one attached hydrogen (secondary N) is 1. The van der Waals surface area contributed by atoms with Crippen molar-refractivity contribution < 1.29 is 4.39 Å². The van der Waals surface area contributed by atoms with Crippen molar-refractivity contribution in [2.75, 3.05) is 7.05 Å². The van der Waals surface area contributed by atoms with Crippen LogP contribution in [-0.2, 0) is 0 Å². The van der Waals surface area contributed by atoms with Crippen molar-refractivity contribution in [2.45, 2.75) is 13.0 Å². The number of aromatic nitrogens is 1. The lowest BCUT2D eigenvalue weighted by Crippen LogP contribution is -2.19. The Bertz CT molecular complexity index is 783. The van der Waals surface area contributed by atoms with E-state index in [9.17, 15) is 4.39 Å². The maximum absolute atomic E-state index is 13.6. The van der Waals surface area contributed by atoms with Gasteiger partial charge in [0.25, 0.3) is 0 Å². The number of rotatable bonds is 3.